The summed E-state index contributed by atoms with van der Waals surface area (Å²) < 4.78 is 37.6. The molecule has 74 valence electrons. The maximum absolute atomic E-state index is 12.5. The van der Waals surface area contributed by atoms with Gasteiger partial charge in [0, 0.05) is 0 Å². The monoisotopic (exact) mass is 182 g/mol. The highest BCUT2D eigenvalue weighted by Crippen LogP contribution is 2.46. The van der Waals surface area contributed by atoms with E-state index in [0.29, 0.717) is 6.42 Å². The minimum Gasteiger partial charge on any atom is -0.171 e. The predicted octanol–water partition coefficient (Wildman–Crippen LogP) is 4.01. The van der Waals surface area contributed by atoms with Gasteiger partial charge in [0.15, 0.2) is 0 Å². The van der Waals surface area contributed by atoms with Crippen LogP contribution in [-0.4, -0.2) is 6.18 Å². The number of rotatable bonds is 3. The topological polar surface area (TPSA) is 0 Å². The number of hydrogen-bond acceptors (Lipinski definition) is 0. The zero-order valence-corrected chi connectivity index (χ0v) is 8.13. The molecule has 0 rings (SSSR count). The van der Waals surface area contributed by atoms with Crippen LogP contribution in [0.3, 0.4) is 0 Å². The van der Waals surface area contributed by atoms with Crippen LogP contribution in [0.25, 0.3) is 0 Å². The molecule has 1 unspecified atom stereocenters. The van der Waals surface area contributed by atoms with Crippen molar-refractivity contribution >= 4 is 0 Å². The molecule has 0 saturated carbocycles. The Morgan fingerprint density at radius 3 is 1.67 bits per heavy atom. The van der Waals surface area contributed by atoms with Gasteiger partial charge in [-0.2, -0.15) is 13.2 Å². The Kier molecular flexibility index (Phi) is 3.60. The highest BCUT2D eigenvalue weighted by Gasteiger charge is 2.51. The molecular weight excluding hydrogens is 165 g/mol. The van der Waals surface area contributed by atoms with Crippen molar-refractivity contribution in [2.24, 2.45) is 11.3 Å². The van der Waals surface area contributed by atoms with E-state index in [9.17, 15) is 13.2 Å². The second kappa shape index (κ2) is 3.67. The van der Waals surface area contributed by atoms with Crippen molar-refractivity contribution < 1.29 is 13.2 Å². The van der Waals surface area contributed by atoms with E-state index in [-0.39, 0.29) is 12.3 Å². The molecule has 3 heteroatoms. The molecule has 0 radical (unpaired) electrons. The highest BCUT2D eigenvalue weighted by atomic mass is 19.4. The summed E-state index contributed by atoms with van der Waals surface area (Å²) in [5, 5.41) is 0. The summed E-state index contributed by atoms with van der Waals surface area (Å²) in [6, 6.07) is 0. The molecule has 0 N–H and O–H groups in total. The highest BCUT2D eigenvalue weighted by molar-refractivity contribution is 4.84. The van der Waals surface area contributed by atoms with Crippen molar-refractivity contribution in [3.63, 3.8) is 0 Å². The van der Waals surface area contributed by atoms with Gasteiger partial charge in [0.25, 0.3) is 0 Å². The van der Waals surface area contributed by atoms with E-state index in [4.69, 9.17) is 0 Å². The average Bonchev–Trinajstić information content (AvgIpc) is 1.85. The van der Waals surface area contributed by atoms with E-state index < -0.39 is 11.6 Å². The van der Waals surface area contributed by atoms with E-state index in [1.54, 1.807) is 20.8 Å². The molecule has 1 atom stereocenters. The summed E-state index contributed by atoms with van der Waals surface area (Å²) in [6.07, 6.45) is -3.28. The predicted molar refractivity (Wildman–Crippen MR) is 43.9 cm³/mol. The summed E-state index contributed by atoms with van der Waals surface area (Å²) in [6.45, 7) is 6.35. The van der Waals surface area contributed by atoms with Crippen LogP contribution in [0, 0.1) is 11.3 Å². The van der Waals surface area contributed by atoms with Crippen LogP contribution in [0.1, 0.15) is 40.5 Å². The zero-order chi connectivity index (χ0) is 9.99. The van der Waals surface area contributed by atoms with Gasteiger partial charge in [0.05, 0.1) is 5.41 Å². The molecule has 0 aliphatic heterocycles. The maximum atomic E-state index is 12.5. The van der Waals surface area contributed by atoms with E-state index in [0.717, 1.165) is 0 Å². The molecule has 0 aromatic rings. The third kappa shape index (κ3) is 2.14. The lowest BCUT2D eigenvalue weighted by molar-refractivity contribution is -0.235. The smallest absolute Gasteiger partial charge is 0.171 e. The molecule has 0 nitrogen and oxygen atoms in total. The third-order valence-electron chi connectivity index (χ3n) is 2.69. The third-order valence-corrected chi connectivity index (χ3v) is 2.69. The maximum Gasteiger partial charge on any atom is 0.394 e. The van der Waals surface area contributed by atoms with E-state index in [1.807, 2.05) is 0 Å². The van der Waals surface area contributed by atoms with Crippen molar-refractivity contribution in [1.29, 1.82) is 0 Å². The molecule has 0 aliphatic carbocycles. The summed E-state index contributed by atoms with van der Waals surface area (Å²) >= 11 is 0. The molecule has 0 amide bonds. The number of halogens is 3. The Morgan fingerprint density at radius 1 is 1.17 bits per heavy atom. The number of alkyl halides is 3. The first-order valence-corrected chi connectivity index (χ1v) is 4.32. The van der Waals surface area contributed by atoms with Gasteiger partial charge >= 0.3 is 6.18 Å². The van der Waals surface area contributed by atoms with Gasteiger partial charge in [0.2, 0.25) is 0 Å². The van der Waals surface area contributed by atoms with Gasteiger partial charge in [-0.1, -0.05) is 34.1 Å². The van der Waals surface area contributed by atoms with Crippen molar-refractivity contribution in [3.8, 4) is 0 Å². The molecule has 0 bridgehead atoms. The van der Waals surface area contributed by atoms with Gasteiger partial charge in [-0.25, -0.2) is 0 Å². The molecule has 0 fully saturated rings. The normalized spacial score (nSPS) is 18.0. The van der Waals surface area contributed by atoms with E-state index in [1.165, 1.54) is 6.92 Å². The lowest BCUT2D eigenvalue weighted by Gasteiger charge is -2.35. The fourth-order valence-electron chi connectivity index (χ4n) is 1.28. The summed E-state index contributed by atoms with van der Waals surface area (Å²) in [4.78, 5) is 0. The Balaban J connectivity index is 4.62. The van der Waals surface area contributed by atoms with Crippen LogP contribution in [0.15, 0.2) is 0 Å². The molecule has 0 heterocycles. The summed E-state index contributed by atoms with van der Waals surface area (Å²) in [7, 11) is 0. The zero-order valence-electron chi connectivity index (χ0n) is 8.13. The van der Waals surface area contributed by atoms with Crippen LogP contribution in [0.4, 0.5) is 13.2 Å². The molecule has 0 aromatic heterocycles. The summed E-state index contributed by atoms with van der Waals surface area (Å²) in [5.74, 6) is -0.350. The Bertz CT molecular complexity index is 137. The SMILES string of the molecule is CCCC(C)(C(C)C)C(F)(F)F. The van der Waals surface area contributed by atoms with Crippen LogP contribution in [0.2, 0.25) is 0 Å². The average molecular weight is 182 g/mol. The molecular formula is C9H17F3. The molecule has 0 saturated heterocycles. The van der Waals surface area contributed by atoms with E-state index >= 15 is 0 Å². The first kappa shape index (κ1) is 11.8. The standard InChI is InChI=1S/C9H17F3/c1-5-6-8(4,7(2)3)9(10,11)12/h7H,5-6H2,1-4H3. The van der Waals surface area contributed by atoms with Crippen molar-refractivity contribution in [3.05, 3.63) is 0 Å². The van der Waals surface area contributed by atoms with Crippen molar-refractivity contribution in [2.45, 2.75) is 46.7 Å². The quantitative estimate of drug-likeness (QED) is 0.618. The van der Waals surface area contributed by atoms with Gasteiger partial charge in [-0.15, -0.1) is 0 Å². The van der Waals surface area contributed by atoms with Gasteiger partial charge in [-0.3, -0.25) is 0 Å². The van der Waals surface area contributed by atoms with Crippen LogP contribution >= 0.6 is 0 Å². The minimum absolute atomic E-state index is 0.216. The Hall–Kier alpha value is -0.210. The molecule has 0 aromatic carbocycles. The number of hydrogen-bond donors (Lipinski definition) is 0. The fourth-order valence-corrected chi connectivity index (χ4v) is 1.28. The van der Waals surface area contributed by atoms with Gasteiger partial charge in [-0.05, 0) is 12.3 Å². The minimum atomic E-state index is -4.07. The van der Waals surface area contributed by atoms with Gasteiger partial charge in [0.1, 0.15) is 0 Å². The Morgan fingerprint density at radius 2 is 1.58 bits per heavy atom. The first-order valence-electron chi connectivity index (χ1n) is 4.32. The molecule has 12 heavy (non-hydrogen) atoms. The van der Waals surface area contributed by atoms with Crippen molar-refractivity contribution in [1.82, 2.24) is 0 Å². The lowest BCUT2D eigenvalue weighted by atomic mass is 9.75. The summed E-state index contributed by atoms with van der Waals surface area (Å²) in [5.41, 5.74) is -1.51. The van der Waals surface area contributed by atoms with Crippen molar-refractivity contribution in [2.75, 3.05) is 0 Å². The van der Waals surface area contributed by atoms with Crippen LogP contribution in [0.5, 0.6) is 0 Å². The van der Waals surface area contributed by atoms with Crippen LogP contribution in [-0.2, 0) is 0 Å². The lowest BCUT2D eigenvalue weighted by Crippen LogP contribution is -2.39. The second-order valence-electron chi connectivity index (χ2n) is 3.82. The van der Waals surface area contributed by atoms with Gasteiger partial charge < -0.3 is 0 Å². The first-order chi connectivity index (χ1) is 5.25. The Labute approximate surface area is 72.2 Å². The van der Waals surface area contributed by atoms with Crippen LogP contribution < -0.4 is 0 Å². The molecule has 0 aliphatic rings. The fraction of sp³-hybridized carbons (Fsp3) is 1.00. The molecule has 0 spiro atoms. The second-order valence-corrected chi connectivity index (χ2v) is 3.82. The largest absolute Gasteiger partial charge is 0.394 e. The van der Waals surface area contributed by atoms with E-state index in [2.05, 4.69) is 0 Å².